The van der Waals surface area contributed by atoms with Gasteiger partial charge in [-0.3, -0.25) is 4.79 Å². The fourth-order valence-electron chi connectivity index (χ4n) is 4.87. The molecule has 1 atom stereocenters. The topological polar surface area (TPSA) is 68.0 Å². The minimum atomic E-state index is -0.851. The van der Waals surface area contributed by atoms with Crippen LogP contribution in [0.5, 0.6) is 0 Å². The van der Waals surface area contributed by atoms with E-state index in [1.165, 1.54) is 5.56 Å². The van der Waals surface area contributed by atoms with Crippen molar-refractivity contribution in [1.82, 2.24) is 15.5 Å². The molecule has 1 heterocycles. The van der Waals surface area contributed by atoms with Crippen molar-refractivity contribution in [2.24, 2.45) is 0 Å². The molecular weight excluding hydrogens is 470 g/mol. The summed E-state index contributed by atoms with van der Waals surface area (Å²) < 4.78 is 5.95. The molecule has 0 fully saturated rings. The molecule has 1 N–H and O–H groups in total. The van der Waals surface area contributed by atoms with E-state index in [4.69, 9.17) is 4.42 Å². The van der Waals surface area contributed by atoms with Crippen molar-refractivity contribution in [1.29, 1.82) is 0 Å². The molecule has 0 saturated heterocycles. The van der Waals surface area contributed by atoms with E-state index in [9.17, 15) is 4.79 Å². The second-order valence-corrected chi connectivity index (χ2v) is 9.52. The Hall–Kier alpha value is -4.51. The number of aryl methyl sites for hydroxylation is 2. The zero-order valence-corrected chi connectivity index (χ0v) is 21.5. The Morgan fingerprint density at radius 2 is 1.18 bits per heavy atom. The highest BCUT2D eigenvalue weighted by Gasteiger charge is 2.38. The second-order valence-electron chi connectivity index (χ2n) is 9.52. The van der Waals surface area contributed by atoms with Crippen LogP contribution in [0.3, 0.4) is 0 Å². The molecule has 0 aliphatic carbocycles. The predicted molar refractivity (Wildman–Crippen MR) is 149 cm³/mol. The first kappa shape index (κ1) is 25.2. The molecule has 190 valence electrons. The lowest BCUT2D eigenvalue weighted by Gasteiger charge is -2.37. The molecule has 4 aromatic carbocycles. The average Bonchev–Trinajstić information content (AvgIpc) is 3.46. The normalized spacial score (nSPS) is 12.1. The molecule has 38 heavy (non-hydrogen) atoms. The van der Waals surface area contributed by atoms with E-state index in [0.717, 1.165) is 23.1 Å². The molecule has 5 heteroatoms. The highest BCUT2D eigenvalue weighted by molar-refractivity contribution is 5.79. The molecule has 5 aromatic rings. The first-order valence-corrected chi connectivity index (χ1v) is 13.0. The molecule has 5 rings (SSSR count). The van der Waals surface area contributed by atoms with Gasteiger partial charge in [0.25, 0.3) is 0 Å². The Balaban J connectivity index is 1.38. The molecular formula is C33H31N3O2. The molecule has 0 unspecified atom stereocenters. The third kappa shape index (κ3) is 5.57. The van der Waals surface area contributed by atoms with Gasteiger partial charge in [0, 0.05) is 18.8 Å². The molecule has 0 saturated carbocycles. The molecule has 0 bridgehead atoms. The van der Waals surface area contributed by atoms with Crippen LogP contribution in [-0.2, 0) is 23.2 Å². The number of hydrogen-bond acceptors (Lipinski definition) is 4. The summed E-state index contributed by atoms with van der Waals surface area (Å²) in [6.07, 6.45) is 1.70. The highest BCUT2D eigenvalue weighted by Crippen LogP contribution is 2.37. The average molecular weight is 502 g/mol. The number of nitrogens with zero attached hydrogens (tertiary/aromatic N) is 2. The largest absolute Gasteiger partial charge is 0.425 e. The van der Waals surface area contributed by atoms with E-state index in [-0.39, 0.29) is 18.2 Å². The number of carbonyl (C=O) groups excluding carboxylic acids is 1. The number of nitrogens with one attached hydrogen (secondary N) is 1. The van der Waals surface area contributed by atoms with Gasteiger partial charge in [-0.2, -0.15) is 0 Å². The van der Waals surface area contributed by atoms with Gasteiger partial charge >= 0.3 is 0 Å². The molecule has 1 amide bonds. The Kier molecular flexibility index (Phi) is 7.74. The summed E-state index contributed by atoms with van der Waals surface area (Å²) in [4.78, 5) is 13.7. The van der Waals surface area contributed by atoms with Crippen LogP contribution in [0.15, 0.2) is 126 Å². The van der Waals surface area contributed by atoms with E-state index in [2.05, 4.69) is 64.0 Å². The molecule has 5 nitrogen and oxygen atoms in total. The first-order valence-electron chi connectivity index (χ1n) is 13.0. The molecule has 0 spiro atoms. The molecule has 0 aliphatic rings. The summed E-state index contributed by atoms with van der Waals surface area (Å²) >= 11 is 0. The van der Waals surface area contributed by atoms with Crippen LogP contribution in [0.4, 0.5) is 0 Å². The number of rotatable bonds is 10. The fraction of sp³-hybridized carbons (Fsp3) is 0.182. The number of aromatic nitrogens is 2. The summed E-state index contributed by atoms with van der Waals surface area (Å²) in [5, 5.41) is 11.9. The van der Waals surface area contributed by atoms with Gasteiger partial charge in [0.15, 0.2) is 0 Å². The van der Waals surface area contributed by atoms with Crippen molar-refractivity contribution in [3.63, 3.8) is 0 Å². The van der Waals surface area contributed by atoms with Gasteiger partial charge in [-0.25, -0.2) is 0 Å². The highest BCUT2D eigenvalue weighted by atomic mass is 16.4. The summed E-state index contributed by atoms with van der Waals surface area (Å²) in [5.41, 5.74) is 3.33. The zero-order chi connectivity index (χ0) is 26.2. The number of amides is 1. The summed E-state index contributed by atoms with van der Waals surface area (Å²) in [5.74, 6) is 0.738. The van der Waals surface area contributed by atoms with Crippen molar-refractivity contribution in [3.05, 3.63) is 155 Å². The van der Waals surface area contributed by atoms with Crippen molar-refractivity contribution < 1.29 is 9.21 Å². The number of benzene rings is 4. The smallest absolute Gasteiger partial charge is 0.222 e. The van der Waals surface area contributed by atoms with Crippen LogP contribution in [0.2, 0.25) is 0 Å². The maximum absolute atomic E-state index is 13.7. The third-order valence-electron chi connectivity index (χ3n) is 6.81. The van der Waals surface area contributed by atoms with Crippen LogP contribution in [-0.4, -0.2) is 16.1 Å². The maximum atomic E-state index is 13.7. The summed E-state index contributed by atoms with van der Waals surface area (Å²) in [6, 6.07) is 40.5. The van der Waals surface area contributed by atoms with Crippen LogP contribution in [0, 0.1) is 0 Å². The van der Waals surface area contributed by atoms with Crippen molar-refractivity contribution in [3.8, 4) is 0 Å². The predicted octanol–water partition coefficient (Wildman–Crippen LogP) is 6.46. The minimum Gasteiger partial charge on any atom is -0.425 e. The van der Waals surface area contributed by atoms with Crippen molar-refractivity contribution in [2.45, 2.75) is 37.6 Å². The number of carbonyl (C=O) groups is 1. The third-order valence-corrected chi connectivity index (χ3v) is 6.81. The standard InChI is InChI=1S/C33H31N3O2/c1-25(32-36-35-31(38-32)23-22-26-14-6-2-7-15-26)24-30(37)34-33(27-16-8-3-9-17-27,28-18-10-4-11-19-28)29-20-12-5-13-21-29/h2-21,25H,22-24H2,1H3,(H,34,37)/t25-/m1/s1. The second kappa shape index (κ2) is 11.7. The van der Waals surface area contributed by atoms with Gasteiger partial charge in [-0.15, -0.1) is 10.2 Å². The van der Waals surface area contributed by atoms with E-state index in [0.29, 0.717) is 18.2 Å². The van der Waals surface area contributed by atoms with Crippen molar-refractivity contribution >= 4 is 5.91 Å². The van der Waals surface area contributed by atoms with Gasteiger partial charge in [0.05, 0.1) is 0 Å². The van der Waals surface area contributed by atoms with E-state index in [1.807, 2.05) is 79.7 Å². The van der Waals surface area contributed by atoms with Crippen molar-refractivity contribution in [2.75, 3.05) is 0 Å². The first-order chi connectivity index (χ1) is 18.6. The Morgan fingerprint density at radius 3 is 1.68 bits per heavy atom. The van der Waals surface area contributed by atoms with E-state index >= 15 is 0 Å². The Morgan fingerprint density at radius 1 is 0.711 bits per heavy atom. The van der Waals surface area contributed by atoms with Gasteiger partial charge in [-0.05, 0) is 28.7 Å². The molecule has 0 radical (unpaired) electrons. The lowest BCUT2D eigenvalue weighted by Crippen LogP contribution is -2.48. The Bertz CT molecular complexity index is 1340. The van der Waals surface area contributed by atoms with Crippen LogP contribution < -0.4 is 5.32 Å². The minimum absolute atomic E-state index is 0.0990. The van der Waals surface area contributed by atoms with Crippen LogP contribution in [0.25, 0.3) is 0 Å². The van der Waals surface area contributed by atoms with E-state index in [1.54, 1.807) is 0 Å². The van der Waals surface area contributed by atoms with Gasteiger partial charge < -0.3 is 9.73 Å². The monoisotopic (exact) mass is 501 g/mol. The zero-order valence-electron chi connectivity index (χ0n) is 21.5. The van der Waals surface area contributed by atoms with Gasteiger partial charge in [-0.1, -0.05) is 128 Å². The van der Waals surface area contributed by atoms with Crippen LogP contribution >= 0.6 is 0 Å². The summed E-state index contributed by atoms with van der Waals surface area (Å²) in [7, 11) is 0. The quantitative estimate of drug-likeness (QED) is 0.223. The maximum Gasteiger partial charge on any atom is 0.222 e. The van der Waals surface area contributed by atoms with Gasteiger partial charge in [0.2, 0.25) is 17.7 Å². The molecule has 1 aromatic heterocycles. The lowest BCUT2D eigenvalue weighted by molar-refractivity contribution is -0.122. The van der Waals surface area contributed by atoms with Crippen LogP contribution in [0.1, 0.15) is 53.3 Å². The van der Waals surface area contributed by atoms with E-state index < -0.39 is 5.54 Å². The SMILES string of the molecule is C[C@H](CC(=O)NC(c1ccccc1)(c1ccccc1)c1ccccc1)c1nnc(CCc2ccccc2)o1. The molecule has 0 aliphatic heterocycles. The van der Waals surface area contributed by atoms with Gasteiger partial charge in [0.1, 0.15) is 5.54 Å². The summed E-state index contributed by atoms with van der Waals surface area (Å²) in [6.45, 7) is 1.95. The fourth-order valence-corrected chi connectivity index (χ4v) is 4.87. The number of hydrogen-bond donors (Lipinski definition) is 1. The Labute approximate surface area is 223 Å². The lowest BCUT2D eigenvalue weighted by atomic mass is 9.76.